The number of nitrogens with zero attached hydrogens (tertiary/aromatic N) is 3. The molecular formula is C12H13Cl2N5OS. The summed E-state index contributed by atoms with van der Waals surface area (Å²) in [6, 6.07) is 4.86. The van der Waals surface area contributed by atoms with Crippen LogP contribution in [0.5, 0.6) is 0 Å². The van der Waals surface area contributed by atoms with E-state index in [1.54, 1.807) is 32.0 Å². The predicted octanol–water partition coefficient (Wildman–Crippen LogP) is 2.73. The Kier molecular flexibility index (Phi) is 4.97. The molecule has 0 saturated heterocycles. The van der Waals surface area contributed by atoms with Crippen LogP contribution in [0.1, 0.15) is 12.7 Å². The van der Waals surface area contributed by atoms with Crippen LogP contribution < -0.4 is 11.2 Å². The molecule has 0 fully saturated rings. The van der Waals surface area contributed by atoms with Crippen molar-refractivity contribution in [2.24, 2.45) is 0 Å². The quantitative estimate of drug-likeness (QED) is 0.657. The van der Waals surface area contributed by atoms with Gasteiger partial charge in [-0.3, -0.25) is 4.79 Å². The minimum absolute atomic E-state index is 0.232. The fraction of sp³-hybridized carbons (Fsp3) is 0.250. The number of nitrogen functional groups attached to an aromatic ring is 1. The summed E-state index contributed by atoms with van der Waals surface area (Å²) in [5, 5.41) is 11.4. The van der Waals surface area contributed by atoms with E-state index in [1.807, 2.05) is 0 Å². The van der Waals surface area contributed by atoms with Crippen molar-refractivity contribution in [2.75, 3.05) is 11.2 Å². The molecule has 1 heterocycles. The molecular weight excluding hydrogens is 333 g/mol. The van der Waals surface area contributed by atoms with Gasteiger partial charge in [0.2, 0.25) is 11.1 Å². The van der Waals surface area contributed by atoms with Gasteiger partial charge in [0.15, 0.2) is 0 Å². The third-order valence-corrected chi connectivity index (χ3v) is 4.29. The van der Waals surface area contributed by atoms with E-state index in [0.717, 1.165) is 0 Å². The van der Waals surface area contributed by atoms with Crippen molar-refractivity contribution in [2.45, 2.75) is 24.3 Å². The third kappa shape index (κ3) is 3.81. The Bertz CT molecular complexity index is 676. The number of rotatable bonds is 4. The average molecular weight is 346 g/mol. The zero-order chi connectivity index (χ0) is 15.6. The van der Waals surface area contributed by atoms with Crippen molar-refractivity contribution in [1.82, 2.24) is 14.9 Å². The largest absolute Gasteiger partial charge is 0.336 e. The Balaban J connectivity index is 2.06. The molecule has 0 spiro atoms. The predicted molar refractivity (Wildman–Crippen MR) is 85.3 cm³/mol. The molecule has 2 rings (SSSR count). The number of nitrogens with one attached hydrogen (secondary N) is 1. The number of halogens is 2. The SMILES string of the molecule is Cc1nnc(S[C@@H](C)C(=O)Nc2cc(Cl)ccc2Cl)n1N. The van der Waals surface area contributed by atoms with Gasteiger partial charge in [0.25, 0.3) is 0 Å². The summed E-state index contributed by atoms with van der Waals surface area (Å²) in [6.07, 6.45) is 0. The van der Waals surface area contributed by atoms with E-state index in [-0.39, 0.29) is 5.91 Å². The fourth-order valence-electron chi connectivity index (χ4n) is 1.47. The molecule has 0 aliphatic rings. The topological polar surface area (TPSA) is 85.8 Å². The van der Waals surface area contributed by atoms with E-state index in [2.05, 4.69) is 15.5 Å². The molecule has 9 heteroatoms. The summed E-state index contributed by atoms with van der Waals surface area (Å²) in [5.74, 6) is 6.09. The van der Waals surface area contributed by atoms with Crippen molar-refractivity contribution >= 4 is 46.6 Å². The van der Waals surface area contributed by atoms with Crippen LogP contribution in [0.4, 0.5) is 5.69 Å². The highest BCUT2D eigenvalue weighted by molar-refractivity contribution is 8.00. The third-order valence-electron chi connectivity index (χ3n) is 2.67. The summed E-state index contributed by atoms with van der Waals surface area (Å²) in [6.45, 7) is 3.47. The monoisotopic (exact) mass is 345 g/mol. The van der Waals surface area contributed by atoms with Crippen LogP contribution in [0.3, 0.4) is 0 Å². The summed E-state index contributed by atoms with van der Waals surface area (Å²) < 4.78 is 1.33. The van der Waals surface area contributed by atoms with Crippen LogP contribution in [0, 0.1) is 6.92 Å². The number of benzene rings is 1. The number of hydrogen-bond donors (Lipinski definition) is 2. The van der Waals surface area contributed by atoms with Crippen molar-refractivity contribution < 1.29 is 4.79 Å². The summed E-state index contributed by atoms with van der Waals surface area (Å²) in [4.78, 5) is 12.2. The number of carbonyl (C=O) groups excluding carboxylic acids is 1. The number of nitrogens with two attached hydrogens (primary N) is 1. The van der Waals surface area contributed by atoms with Crippen LogP contribution >= 0.6 is 35.0 Å². The Labute approximate surface area is 136 Å². The summed E-state index contributed by atoms with van der Waals surface area (Å²) in [7, 11) is 0. The fourth-order valence-corrected chi connectivity index (χ4v) is 2.62. The maximum absolute atomic E-state index is 12.2. The van der Waals surface area contributed by atoms with Crippen LogP contribution in [0.25, 0.3) is 0 Å². The van der Waals surface area contributed by atoms with Crippen molar-refractivity contribution in [3.8, 4) is 0 Å². The summed E-state index contributed by atoms with van der Waals surface area (Å²) >= 11 is 13.1. The van der Waals surface area contributed by atoms with Gasteiger partial charge < -0.3 is 11.2 Å². The Hall–Kier alpha value is -1.44. The van der Waals surface area contributed by atoms with Gasteiger partial charge in [0.05, 0.1) is 16.0 Å². The van der Waals surface area contributed by atoms with Gasteiger partial charge in [-0.1, -0.05) is 35.0 Å². The van der Waals surface area contributed by atoms with Crippen LogP contribution in [0.15, 0.2) is 23.4 Å². The first-order chi connectivity index (χ1) is 9.88. The van der Waals surface area contributed by atoms with Crippen molar-refractivity contribution in [1.29, 1.82) is 0 Å². The van der Waals surface area contributed by atoms with Crippen LogP contribution in [-0.4, -0.2) is 26.0 Å². The minimum atomic E-state index is -0.425. The van der Waals surface area contributed by atoms with Crippen molar-refractivity contribution in [3.05, 3.63) is 34.1 Å². The second-order valence-corrected chi connectivity index (χ2v) is 6.42. The highest BCUT2D eigenvalue weighted by Gasteiger charge is 2.19. The summed E-state index contributed by atoms with van der Waals surface area (Å²) in [5.41, 5.74) is 0.465. The van der Waals surface area contributed by atoms with E-state index >= 15 is 0 Å². The smallest absolute Gasteiger partial charge is 0.237 e. The molecule has 3 N–H and O–H groups in total. The van der Waals surface area contributed by atoms with Crippen molar-refractivity contribution in [3.63, 3.8) is 0 Å². The van der Waals surface area contributed by atoms with Gasteiger partial charge >= 0.3 is 0 Å². The second kappa shape index (κ2) is 6.55. The molecule has 1 aromatic heterocycles. The molecule has 0 unspecified atom stereocenters. The van der Waals surface area contributed by atoms with Crippen LogP contribution in [-0.2, 0) is 4.79 Å². The number of thioether (sulfide) groups is 1. The molecule has 112 valence electrons. The van der Waals surface area contributed by atoms with Gasteiger partial charge in [0, 0.05) is 5.02 Å². The number of amides is 1. The van der Waals surface area contributed by atoms with E-state index in [4.69, 9.17) is 29.0 Å². The van der Waals surface area contributed by atoms with Gasteiger partial charge in [-0.05, 0) is 32.0 Å². The van der Waals surface area contributed by atoms with Gasteiger partial charge in [-0.2, -0.15) is 0 Å². The molecule has 0 aliphatic heterocycles. The average Bonchev–Trinajstić information content (AvgIpc) is 2.74. The van der Waals surface area contributed by atoms with E-state index in [0.29, 0.717) is 26.7 Å². The first-order valence-corrected chi connectivity index (χ1v) is 7.61. The maximum Gasteiger partial charge on any atom is 0.237 e. The number of carbonyl (C=O) groups is 1. The highest BCUT2D eigenvalue weighted by atomic mass is 35.5. The lowest BCUT2D eigenvalue weighted by molar-refractivity contribution is -0.115. The lowest BCUT2D eigenvalue weighted by Gasteiger charge is -2.12. The number of aromatic nitrogens is 3. The normalized spacial score (nSPS) is 12.2. The lowest BCUT2D eigenvalue weighted by Crippen LogP contribution is -2.23. The number of hydrogen-bond acceptors (Lipinski definition) is 5. The minimum Gasteiger partial charge on any atom is -0.336 e. The van der Waals surface area contributed by atoms with E-state index in [1.165, 1.54) is 16.4 Å². The molecule has 1 amide bonds. The number of anilines is 1. The van der Waals surface area contributed by atoms with Crippen LogP contribution in [0.2, 0.25) is 10.0 Å². The molecule has 21 heavy (non-hydrogen) atoms. The molecule has 0 radical (unpaired) electrons. The molecule has 2 aromatic rings. The maximum atomic E-state index is 12.2. The molecule has 6 nitrogen and oxygen atoms in total. The standard InChI is InChI=1S/C12H13Cl2N5OS/c1-6(21-12-18-17-7(2)19(12)15)11(20)16-10-5-8(13)3-4-9(10)14/h3-6H,15H2,1-2H3,(H,16,20)/t6-/m0/s1. The Morgan fingerprint density at radius 2 is 2.14 bits per heavy atom. The highest BCUT2D eigenvalue weighted by Crippen LogP contribution is 2.27. The number of aryl methyl sites for hydroxylation is 1. The first-order valence-electron chi connectivity index (χ1n) is 5.98. The van der Waals surface area contributed by atoms with Gasteiger partial charge in [0.1, 0.15) is 5.82 Å². The lowest BCUT2D eigenvalue weighted by atomic mass is 10.3. The Morgan fingerprint density at radius 1 is 1.43 bits per heavy atom. The molecule has 0 aliphatic carbocycles. The van der Waals surface area contributed by atoms with E-state index in [9.17, 15) is 4.79 Å². The molecule has 0 saturated carbocycles. The zero-order valence-corrected chi connectivity index (χ0v) is 13.6. The first kappa shape index (κ1) is 15.9. The zero-order valence-electron chi connectivity index (χ0n) is 11.3. The molecule has 1 aromatic carbocycles. The Morgan fingerprint density at radius 3 is 2.76 bits per heavy atom. The van der Waals surface area contributed by atoms with Gasteiger partial charge in [-0.25, -0.2) is 4.68 Å². The van der Waals surface area contributed by atoms with Gasteiger partial charge in [-0.15, -0.1) is 10.2 Å². The van der Waals surface area contributed by atoms with E-state index < -0.39 is 5.25 Å². The second-order valence-electron chi connectivity index (χ2n) is 4.27. The molecule has 1 atom stereocenters. The molecule has 0 bridgehead atoms.